The van der Waals surface area contributed by atoms with Crippen molar-refractivity contribution in [1.82, 2.24) is 0 Å². The van der Waals surface area contributed by atoms with Gasteiger partial charge in [0, 0.05) is 15.6 Å². The average molecular weight is 463 g/mol. The molecule has 0 radical (unpaired) electrons. The van der Waals surface area contributed by atoms with Crippen LogP contribution in [0.1, 0.15) is 47.0 Å². The summed E-state index contributed by atoms with van der Waals surface area (Å²) >= 11 is 1.72. The number of allylic oxidation sites excluding steroid dienone is 1. The fourth-order valence-corrected chi connectivity index (χ4v) is 7.08. The van der Waals surface area contributed by atoms with Gasteiger partial charge in [-0.15, -0.1) is 11.8 Å². The lowest BCUT2D eigenvalue weighted by molar-refractivity contribution is -0.149. The third-order valence-corrected chi connectivity index (χ3v) is 13.3. The normalized spacial score (nSPS) is 28.5. The first kappa shape index (κ1) is 24.2. The summed E-state index contributed by atoms with van der Waals surface area (Å²) in [4.78, 5) is 14.1. The van der Waals surface area contributed by atoms with Crippen LogP contribution in [0.3, 0.4) is 0 Å². The Hall–Kier alpha value is -1.40. The molecule has 2 aliphatic rings. The molecule has 31 heavy (non-hydrogen) atoms. The molecule has 0 saturated heterocycles. The molecule has 1 aromatic carbocycles. The second kappa shape index (κ2) is 8.85. The molecule has 1 saturated carbocycles. The van der Waals surface area contributed by atoms with Crippen LogP contribution in [-0.2, 0) is 14.0 Å². The molecule has 0 spiro atoms. The molecule has 0 aromatic heterocycles. The van der Waals surface area contributed by atoms with Crippen molar-refractivity contribution < 1.29 is 18.7 Å². The number of ether oxygens (including phenoxy) is 2. The molecule has 1 aromatic rings. The van der Waals surface area contributed by atoms with Gasteiger partial charge in [0.05, 0.1) is 25.9 Å². The third kappa shape index (κ3) is 4.70. The molecular weight excluding hydrogens is 424 g/mol. The minimum atomic E-state index is -2.00. The highest BCUT2D eigenvalue weighted by molar-refractivity contribution is 8.00. The van der Waals surface area contributed by atoms with E-state index in [1.807, 2.05) is 12.1 Å². The van der Waals surface area contributed by atoms with Crippen LogP contribution in [-0.4, -0.2) is 33.8 Å². The molecule has 4 nitrogen and oxygen atoms in total. The Labute approximate surface area is 193 Å². The van der Waals surface area contributed by atoms with Crippen LogP contribution >= 0.6 is 11.8 Å². The number of methoxy groups -OCH3 is 2. The summed E-state index contributed by atoms with van der Waals surface area (Å²) < 4.78 is 17.5. The second-order valence-corrected chi connectivity index (χ2v) is 16.6. The number of rotatable bonds is 6. The van der Waals surface area contributed by atoms with Crippen molar-refractivity contribution in [2.24, 2.45) is 17.3 Å². The van der Waals surface area contributed by atoms with E-state index in [2.05, 4.69) is 59.0 Å². The number of hydrogen-bond donors (Lipinski definition) is 0. The van der Waals surface area contributed by atoms with E-state index in [0.29, 0.717) is 0 Å². The molecule has 0 aliphatic heterocycles. The first-order chi connectivity index (χ1) is 14.4. The quantitative estimate of drug-likeness (QED) is 0.349. The predicted octanol–water partition coefficient (Wildman–Crippen LogP) is 6.67. The Bertz CT molecular complexity index is 827. The number of thioether (sulfide) groups is 1. The summed E-state index contributed by atoms with van der Waals surface area (Å²) in [5.74, 6) is 1.90. The maximum Gasteiger partial charge on any atom is 0.310 e. The van der Waals surface area contributed by atoms with Gasteiger partial charge in [-0.1, -0.05) is 34.1 Å². The molecule has 172 valence electrons. The van der Waals surface area contributed by atoms with Crippen LogP contribution in [0.2, 0.25) is 18.1 Å². The molecular formula is C25H38O4SSi. The summed E-state index contributed by atoms with van der Waals surface area (Å²) in [6.45, 7) is 13.7. The van der Waals surface area contributed by atoms with Gasteiger partial charge in [-0.3, -0.25) is 4.79 Å². The molecule has 2 aliphatic carbocycles. The third-order valence-electron chi connectivity index (χ3n) is 7.67. The van der Waals surface area contributed by atoms with Gasteiger partial charge in [-0.2, -0.15) is 0 Å². The van der Waals surface area contributed by atoms with Gasteiger partial charge < -0.3 is 13.9 Å². The SMILES string of the molecule is COC(=O)[C@@H]1[C@@H](Sc2ccc(OC)cc2)C=C(O[Si](C)(C)C(C)(C)C)[C@@]2(C)CCC[C@@H]12. The predicted molar refractivity (Wildman–Crippen MR) is 130 cm³/mol. The second-order valence-electron chi connectivity index (χ2n) is 10.6. The van der Waals surface area contributed by atoms with E-state index in [9.17, 15) is 4.79 Å². The van der Waals surface area contributed by atoms with E-state index in [1.165, 1.54) is 7.11 Å². The fourth-order valence-electron chi connectivity index (χ4n) is 4.68. The van der Waals surface area contributed by atoms with Crippen molar-refractivity contribution in [3.05, 3.63) is 36.1 Å². The summed E-state index contributed by atoms with van der Waals surface area (Å²) in [6, 6.07) is 8.05. The highest BCUT2D eigenvalue weighted by Crippen LogP contribution is 2.59. The van der Waals surface area contributed by atoms with Crippen molar-refractivity contribution in [2.45, 2.75) is 75.2 Å². The van der Waals surface area contributed by atoms with E-state index in [0.717, 1.165) is 35.7 Å². The van der Waals surface area contributed by atoms with Gasteiger partial charge in [0.25, 0.3) is 0 Å². The zero-order valence-corrected chi connectivity index (χ0v) is 22.1. The van der Waals surface area contributed by atoms with E-state index < -0.39 is 8.32 Å². The number of carbonyl (C=O) groups is 1. The van der Waals surface area contributed by atoms with Gasteiger partial charge in [0.2, 0.25) is 8.32 Å². The van der Waals surface area contributed by atoms with E-state index in [4.69, 9.17) is 13.9 Å². The van der Waals surface area contributed by atoms with Gasteiger partial charge in [0.15, 0.2) is 0 Å². The Balaban J connectivity index is 2.02. The summed E-state index contributed by atoms with van der Waals surface area (Å²) in [6.07, 6.45) is 5.46. The van der Waals surface area contributed by atoms with Crippen LogP contribution in [0.15, 0.2) is 41.0 Å². The zero-order valence-electron chi connectivity index (χ0n) is 20.3. The molecule has 3 rings (SSSR count). The maximum absolute atomic E-state index is 13.0. The molecule has 1 fully saturated rings. The zero-order chi connectivity index (χ0) is 23.0. The first-order valence-corrected chi connectivity index (χ1v) is 15.0. The number of fused-ring (bicyclic) bond motifs is 1. The lowest BCUT2D eigenvalue weighted by Crippen LogP contribution is -2.48. The number of esters is 1. The van der Waals surface area contributed by atoms with Crippen LogP contribution in [0, 0.1) is 17.3 Å². The van der Waals surface area contributed by atoms with Crippen LogP contribution in [0.25, 0.3) is 0 Å². The fraction of sp³-hybridized carbons (Fsp3) is 0.640. The number of benzene rings is 1. The number of carbonyl (C=O) groups excluding carboxylic acids is 1. The standard InChI is InChI=1S/C25H38O4SSi/c1-24(2,3)31(7,8)29-21-16-20(30-18-13-11-17(27-5)12-14-18)22(23(26)28-6)19-10-9-15-25(19,21)4/h11-14,16,19-20,22H,9-10,15H2,1-8H3/t19-,20-,22-,25-/m0/s1. The van der Waals surface area contributed by atoms with Crippen LogP contribution in [0.4, 0.5) is 0 Å². The molecule has 0 bridgehead atoms. The topological polar surface area (TPSA) is 44.8 Å². The maximum atomic E-state index is 13.0. The van der Waals surface area contributed by atoms with Gasteiger partial charge in [-0.25, -0.2) is 0 Å². The van der Waals surface area contributed by atoms with Crippen LogP contribution in [0.5, 0.6) is 5.75 Å². The van der Waals surface area contributed by atoms with E-state index in [1.54, 1.807) is 18.9 Å². The van der Waals surface area contributed by atoms with Crippen molar-refractivity contribution in [2.75, 3.05) is 14.2 Å². The Morgan fingerprint density at radius 3 is 2.35 bits per heavy atom. The monoisotopic (exact) mass is 462 g/mol. The molecule has 0 amide bonds. The van der Waals surface area contributed by atoms with Crippen molar-refractivity contribution in [3.63, 3.8) is 0 Å². The van der Waals surface area contributed by atoms with E-state index >= 15 is 0 Å². The lowest BCUT2D eigenvalue weighted by atomic mass is 9.67. The van der Waals surface area contributed by atoms with Gasteiger partial charge in [0.1, 0.15) is 5.75 Å². The largest absolute Gasteiger partial charge is 0.546 e. The van der Waals surface area contributed by atoms with Crippen molar-refractivity contribution in [1.29, 1.82) is 0 Å². The summed E-state index contributed by atoms with van der Waals surface area (Å²) in [5.41, 5.74) is -0.106. The molecule has 0 N–H and O–H groups in total. The van der Waals surface area contributed by atoms with Gasteiger partial charge >= 0.3 is 5.97 Å². The highest BCUT2D eigenvalue weighted by Gasteiger charge is 2.56. The molecule has 6 heteroatoms. The number of hydrogen-bond acceptors (Lipinski definition) is 5. The minimum Gasteiger partial charge on any atom is -0.546 e. The average Bonchev–Trinajstić information content (AvgIpc) is 3.10. The first-order valence-electron chi connectivity index (χ1n) is 11.2. The Kier molecular flexibility index (Phi) is 6.92. The Morgan fingerprint density at radius 1 is 1.16 bits per heavy atom. The minimum absolute atomic E-state index is 0.0169. The van der Waals surface area contributed by atoms with Crippen molar-refractivity contribution >= 4 is 26.0 Å². The molecule has 0 heterocycles. The highest BCUT2D eigenvalue weighted by atomic mass is 32.2. The lowest BCUT2D eigenvalue weighted by Gasteiger charge is -2.48. The molecule has 4 atom stereocenters. The molecule has 0 unspecified atom stereocenters. The van der Waals surface area contributed by atoms with Crippen molar-refractivity contribution in [3.8, 4) is 5.75 Å². The smallest absolute Gasteiger partial charge is 0.310 e. The van der Waals surface area contributed by atoms with E-state index in [-0.39, 0.29) is 33.5 Å². The Morgan fingerprint density at radius 2 is 1.81 bits per heavy atom. The van der Waals surface area contributed by atoms with Crippen LogP contribution < -0.4 is 4.74 Å². The van der Waals surface area contributed by atoms with Gasteiger partial charge in [-0.05, 0) is 67.2 Å². The summed E-state index contributed by atoms with van der Waals surface area (Å²) in [7, 11) is 1.18. The summed E-state index contributed by atoms with van der Waals surface area (Å²) in [5, 5.41) is 0.104.